The third-order valence-corrected chi connectivity index (χ3v) is 5.57. The molecule has 1 unspecified atom stereocenters. The highest BCUT2D eigenvalue weighted by Crippen LogP contribution is 2.39. The highest BCUT2D eigenvalue weighted by Gasteiger charge is 2.31. The van der Waals surface area contributed by atoms with Gasteiger partial charge in [-0.1, -0.05) is 103 Å². The number of aliphatic hydroxyl groups is 1. The molecule has 176 valence electrons. The van der Waals surface area contributed by atoms with Crippen LogP contribution in [0.25, 0.3) is 0 Å². The van der Waals surface area contributed by atoms with Gasteiger partial charge in [-0.15, -0.1) is 0 Å². The van der Waals surface area contributed by atoms with Crippen molar-refractivity contribution in [3.63, 3.8) is 0 Å². The Bertz CT molecular complexity index is 1020. The first-order valence-corrected chi connectivity index (χ1v) is 11.6. The van der Waals surface area contributed by atoms with Gasteiger partial charge in [-0.25, -0.2) is 0 Å². The van der Waals surface area contributed by atoms with E-state index in [1.807, 2.05) is 69.4 Å². The van der Waals surface area contributed by atoms with E-state index in [9.17, 15) is 9.90 Å². The molecule has 1 N–H and O–H groups in total. The Balaban J connectivity index is 2.71. The van der Waals surface area contributed by atoms with Crippen LogP contribution in [0.2, 0.25) is 0 Å². The molecular weight excluding hydrogens is 404 g/mol. The summed E-state index contributed by atoms with van der Waals surface area (Å²) in [6, 6.07) is 0. The summed E-state index contributed by atoms with van der Waals surface area (Å²) in [6.07, 6.45) is 21.1. The summed E-state index contributed by atoms with van der Waals surface area (Å²) in [5.74, 6) is 6.72. The van der Waals surface area contributed by atoms with Gasteiger partial charge in [-0.3, -0.25) is 4.79 Å². The molecule has 1 aliphatic rings. The van der Waals surface area contributed by atoms with Crippen LogP contribution in [0.15, 0.2) is 94.2 Å². The SMILES string of the molecule is CC(=O)C(C)=CC=CC(C)=CC=CC=C(C)C=CC=C(C)C#CC1=C(C)CC(O)CC1(C)C. The van der Waals surface area contributed by atoms with Crippen LogP contribution in [-0.4, -0.2) is 17.0 Å². The van der Waals surface area contributed by atoms with Gasteiger partial charge in [-0.05, 0) is 65.5 Å². The lowest BCUT2D eigenvalue weighted by Gasteiger charge is -2.34. The minimum Gasteiger partial charge on any atom is -0.393 e. The zero-order valence-electron chi connectivity index (χ0n) is 21.6. The van der Waals surface area contributed by atoms with Crippen molar-refractivity contribution in [2.75, 3.05) is 0 Å². The van der Waals surface area contributed by atoms with Crippen LogP contribution in [0.4, 0.5) is 0 Å². The summed E-state index contributed by atoms with van der Waals surface area (Å²) in [4.78, 5) is 11.2. The highest BCUT2D eigenvalue weighted by molar-refractivity contribution is 5.92. The number of rotatable bonds is 7. The first-order chi connectivity index (χ1) is 15.4. The van der Waals surface area contributed by atoms with Crippen molar-refractivity contribution < 1.29 is 9.90 Å². The summed E-state index contributed by atoms with van der Waals surface area (Å²) in [5.41, 5.74) is 6.29. The molecule has 1 aliphatic carbocycles. The monoisotopic (exact) mass is 444 g/mol. The van der Waals surface area contributed by atoms with Crippen molar-refractivity contribution in [1.29, 1.82) is 0 Å². The van der Waals surface area contributed by atoms with Crippen LogP contribution in [-0.2, 0) is 4.79 Å². The molecule has 0 aromatic rings. The van der Waals surface area contributed by atoms with Gasteiger partial charge in [0.15, 0.2) is 5.78 Å². The Labute approximate surface area is 201 Å². The molecule has 0 radical (unpaired) electrons. The second-order valence-corrected chi connectivity index (χ2v) is 9.53. The van der Waals surface area contributed by atoms with Crippen molar-refractivity contribution in [3.05, 3.63) is 94.2 Å². The number of Topliss-reactive ketones (excluding diaryl/α,β-unsaturated/α-hetero) is 1. The third-order valence-electron chi connectivity index (χ3n) is 5.57. The molecule has 2 heteroatoms. The van der Waals surface area contributed by atoms with Crippen molar-refractivity contribution in [1.82, 2.24) is 0 Å². The van der Waals surface area contributed by atoms with Gasteiger partial charge >= 0.3 is 0 Å². The van der Waals surface area contributed by atoms with E-state index in [2.05, 4.69) is 51.7 Å². The fourth-order valence-corrected chi connectivity index (χ4v) is 3.61. The molecule has 2 nitrogen and oxygen atoms in total. The van der Waals surface area contributed by atoms with Crippen LogP contribution in [0.3, 0.4) is 0 Å². The molecular formula is C31H40O2. The van der Waals surface area contributed by atoms with E-state index in [4.69, 9.17) is 0 Å². The average Bonchev–Trinajstić information content (AvgIpc) is 2.69. The molecule has 0 saturated heterocycles. The highest BCUT2D eigenvalue weighted by atomic mass is 16.3. The average molecular weight is 445 g/mol. The zero-order valence-corrected chi connectivity index (χ0v) is 21.6. The quantitative estimate of drug-likeness (QED) is 0.250. The molecule has 0 amide bonds. The maximum absolute atomic E-state index is 11.2. The number of aliphatic hydroxyl groups excluding tert-OH is 1. The molecule has 0 heterocycles. The summed E-state index contributed by atoms with van der Waals surface area (Å²) < 4.78 is 0. The predicted molar refractivity (Wildman–Crippen MR) is 143 cm³/mol. The Morgan fingerprint density at radius 1 is 0.909 bits per heavy atom. The van der Waals surface area contributed by atoms with Gasteiger partial charge < -0.3 is 5.11 Å². The number of ketones is 1. The maximum atomic E-state index is 11.2. The molecule has 33 heavy (non-hydrogen) atoms. The molecule has 0 saturated carbocycles. The normalized spacial score (nSPS) is 20.7. The van der Waals surface area contributed by atoms with Crippen molar-refractivity contribution in [2.24, 2.45) is 5.41 Å². The lowest BCUT2D eigenvalue weighted by molar-refractivity contribution is -0.113. The lowest BCUT2D eigenvalue weighted by Crippen LogP contribution is -2.28. The first kappa shape index (κ1) is 28.1. The number of hydrogen-bond donors (Lipinski definition) is 1. The Kier molecular flexibility index (Phi) is 11.6. The fourth-order valence-electron chi connectivity index (χ4n) is 3.61. The minimum absolute atomic E-state index is 0.0800. The van der Waals surface area contributed by atoms with E-state index in [1.165, 1.54) is 5.57 Å². The van der Waals surface area contributed by atoms with E-state index < -0.39 is 0 Å². The molecule has 0 aromatic carbocycles. The maximum Gasteiger partial charge on any atom is 0.155 e. The number of allylic oxidation sites excluding steroid dienone is 15. The van der Waals surface area contributed by atoms with Crippen LogP contribution in [0, 0.1) is 17.3 Å². The molecule has 0 spiro atoms. The van der Waals surface area contributed by atoms with Gasteiger partial charge in [0, 0.05) is 11.0 Å². The number of hydrogen-bond acceptors (Lipinski definition) is 2. The molecule has 1 atom stereocenters. The molecule has 0 aliphatic heterocycles. The molecule has 0 fully saturated rings. The van der Waals surface area contributed by atoms with E-state index in [0.29, 0.717) is 0 Å². The van der Waals surface area contributed by atoms with Crippen LogP contribution in [0.1, 0.15) is 68.2 Å². The Morgan fingerprint density at radius 3 is 1.97 bits per heavy atom. The van der Waals surface area contributed by atoms with Crippen LogP contribution in [0.5, 0.6) is 0 Å². The zero-order chi connectivity index (χ0) is 25.0. The molecule has 1 rings (SSSR count). The molecule has 0 aromatic heterocycles. The van der Waals surface area contributed by atoms with Crippen LogP contribution < -0.4 is 0 Å². The summed E-state index contributed by atoms with van der Waals surface area (Å²) >= 11 is 0. The van der Waals surface area contributed by atoms with Crippen molar-refractivity contribution in [3.8, 4) is 11.8 Å². The van der Waals surface area contributed by atoms with E-state index >= 15 is 0 Å². The first-order valence-electron chi connectivity index (χ1n) is 11.6. The van der Waals surface area contributed by atoms with Gasteiger partial charge in [-0.2, -0.15) is 0 Å². The van der Waals surface area contributed by atoms with Crippen molar-refractivity contribution in [2.45, 2.75) is 74.3 Å². The summed E-state index contributed by atoms with van der Waals surface area (Å²) in [6.45, 7) is 15.9. The smallest absolute Gasteiger partial charge is 0.155 e. The van der Waals surface area contributed by atoms with E-state index in [-0.39, 0.29) is 17.3 Å². The van der Waals surface area contributed by atoms with Gasteiger partial charge in [0.05, 0.1) is 6.10 Å². The van der Waals surface area contributed by atoms with Gasteiger partial charge in [0.2, 0.25) is 0 Å². The lowest BCUT2D eigenvalue weighted by atomic mass is 9.72. The second kappa shape index (κ2) is 13.6. The second-order valence-electron chi connectivity index (χ2n) is 9.53. The van der Waals surface area contributed by atoms with E-state index in [1.54, 1.807) is 6.92 Å². The number of carbonyl (C=O) groups excluding carboxylic acids is 1. The predicted octanol–water partition coefficient (Wildman–Crippen LogP) is 7.53. The Hall–Kier alpha value is -2.89. The van der Waals surface area contributed by atoms with Gasteiger partial charge in [0.1, 0.15) is 0 Å². The van der Waals surface area contributed by atoms with E-state index in [0.717, 1.165) is 40.7 Å². The summed E-state index contributed by atoms with van der Waals surface area (Å²) in [5, 5.41) is 10.0. The summed E-state index contributed by atoms with van der Waals surface area (Å²) in [7, 11) is 0. The topological polar surface area (TPSA) is 37.3 Å². The van der Waals surface area contributed by atoms with Gasteiger partial charge in [0.25, 0.3) is 0 Å². The Morgan fingerprint density at radius 2 is 1.45 bits per heavy atom. The third kappa shape index (κ3) is 11.0. The minimum atomic E-state index is -0.260. The fraction of sp³-hybridized carbons (Fsp3) is 0.387. The number of carbonyl (C=O) groups is 1. The largest absolute Gasteiger partial charge is 0.393 e. The molecule has 0 bridgehead atoms. The van der Waals surface area contributed by atoms with Crippen LogP contribution >= 0.6 is 0 Å². The van der Waals surface area contributed by atoms with Crippen molar-refractivity contribution >= 4 is 5.78 Å². The standard InChI is InChI=1S/C31H40O2/c1-23(13-9-10-14-24(2)17-12-18-26(4)28(6)32)15-11-16-25(3)19-20-30-27(5)21-29(33)22-31(30,7)8/h9-18,29,33H,21-22H2,1-8H3.